The Balaban J connectivity index is 1.79. The fourth-order valence-corrected chi connectivity index (χ4v) is 3.09. The Hall–Kier alpha value is -2.24. The van der Waals surface area contributed by atoms with Gasteiger partial charge in [-0.25, -0.2) is 0 Å². The van der Waals surface area contributed by atoms with Crippen LogP contribution in [-0.2, 0) is 9.59 Å². The minimum Gasteiger partial charge on any atom is -0.481 e. The van der Waals surface area contributed by atoms with Crippen LogP contribution in [0.25, 0.3) is 0 Å². The van der Waals surface area contributed by atoms with Crippen molar-refractivity contribution in [2.24, 2.45) is 23.7 Å². The second-order valence-corrected chi connectivity index (χ2v) is 4.94. The number of rotatable bonds is 3. The molecule has 1 amide bonds. The molecule has 1 aromatic rings. The molecule has 2 N–H and O–H groups in total. The van der Waals surface area contributed by atoms with E-state index in [1.807, 2.05) is 12.2 Å². The minimum atomic E-state index is -0.906. The second-order valence-electron chi connectivity index (χ2n) is 4.94. The number of nitrogens with zero attached hydrogens (tertiary/aromatic N) is 2. The largest absolute Gasteiger partial charge is 0.481 e. The molecule has 0 saturated heterocycles. The van der Waals surface area contributed by atoms with Crippen LogP contribution in [0.3, 0.4) is 0 Å². The molecule has 4 atom stereocenters. The number of aliphatic carboxylic acids is 1. The number of anilines is 1. The number of allylic oxidation sites excluding steroid dienone is 2. The summed E-state index contributed by atoms with van der Waals surface area (Å²) >= 11 is 0. The molecular formula is C13H13N3O3. The summed E-state index contributed by atoms with van der Waals surface area (Å²) in [6, 6.07) is 3.29. The van der Waals surface area contributed by atoms with Crippen LogP contribution in [0.2, 0.25) is 0 Å². The zero-order valence-corrected chi connectivity index (χ0v) is 10.1. The van der Waals surface area contributed by atoms with E-state index < -0.39 is 17.8 Å². The second kappa shape index (κ2) is 4.46. The third kappa shape index (κ3) is 1.99. The monoisotopic (exact) mass is 259 g/mol. The van der Waals surface area contributed by atoms with Gasteiger partial charge in [-0.15, -0.1) is 5.10 Å². The smallest absolute Gasteiger partial charge is 0.307 e. The molecule has 3 rings (SSSR count). The molecule has 6 nitrogen and oxygen atoms in total. The molecule has 6 heteroatoms. The topological polar surface area (TPSA) is 92.2 Å². The quantitative estimate of drug-likeness (QED) is 0.788. The molecule has 2 aliphatic carbocycles. The summed E-state index contributed by atoms with van der Waals surface area (Å²) in [7, 11) is 0. The molecule has 1 heterocycles. The number of carboxylic acid groups (broad SMARTS) is 1. The van der Waals surface area contributed by atoms with E-state index in [1.54, 1.807) is 12.1 Å². The molecule has 2 aliphatic rings. The number of carbonyl (C=O) groups is 2. The van der Waals surface area contributed by atoms with Crippen molar-refractivity contribution in [2.75, 3.05) is 5.32 Å². The van der Waals surface area contributed by atoms with Gasteiger partial charge in [0.15, 0.2) is 5.82 Å². The molecular weight excluding hydrogens is 246 g/mol. The number of carboxylic acids is 1. The third-order valence-corrected chi connectivity index (χ3v) is 3.87. The first-order valence-electron chi connectivity index (χ1n) is 6.16. The average Bonchev–Trinajstić information content (AvgIpc) is 2.99. The zero-order chi connectivity index (χ0) is 13.4. The maximum absolute atomic E-state index is 12.2. The number of amides is 1. The van der Waals surface area contributed by atoms with Crippen LogP contribution in [0.15, 0.2) is 30.5 Å². The average molecular weight is 259 g/mol. The van der Waals surface area contributed by atoms with Crippen molar-refractivity contribution in [1.29, 1.82) is 0 Å². The van der Waals surface area contributed by atoms with E-state index in [0.29, 0.717) is 5.82 Å². The summed E-state index contributed by atoms with van der Waals surface area (Å²) < 4.78 is 0. The maximum Gasteiger partial charge on any atom is 0.307 e. The van der Waals surface area contributed by atoms with Crippen molar-refractivity contribution in [3.05, 3.63) is 30.5 Å². The van der Waals surface area contributed by atoms with Gasteiger partial charge in [-0.05, 0) is 30.4 Å². The highest BCUT2D eigenvalue weighted by molar-refractivity contribution is 5.95. The molecule has 0 aliphatic heterocycles. The zero-order valence-electron chi connectivity index (χ0n) is 10.1. The summed E-state index contributed by atoms with van der Waals surface area (Å²) in [5, 5.41) is 19.4. The third-order valence-electron chi connectivity index (χ3n) is 3.87. The van der Waals surface area contributed by atoms with E-state index in [0.717, 1.165) is 6.42 Å². The van der Waals surface area contributed by atoms with Gasteiger partial charge in [0.2, 0.25) is 5.91 Å². The van der Waals surface area contributed by atoms with Crippen molar-refractivity contribution < 1.29 is 14.7 Å². The minimum absolute atomic E-state index is 0.0165. The summed E-state index contributed by atoms with van der Waals surface area (Å²) in [5.41, 5.74) is 0. The Morgan fingerprint density at radius 1 is 1.26 bits per heavy atom. The van der Waals surface area contributed by atoms with Crippen LogP contribution in [0.1, 0.15) is 6.42 Å². The highest BCUT2D eigenvalue weighted by atomic mass is 16.4. The van der Waals surface area contributed by atoms with E-state index in [-0.39, 0.29) is 17.7 Å². The van der Waals surface area contributed by atoms with Crippen LogP contribution >= 0.6 is 0 Å². The van der Waals surface area contributed by atoms with Gasteiger partial charge in [-0.2, -0.15) is 5.10 Å². The van der Waals surface area contributed by atoms with Gasteiger partial charge < -0.3 is 10.4 Å². The SMILES string of the molecule is O=C(O)[C@@H]1C2C=CC(C2)[C@@H]1C(=O)Nc1cccnn1. The lowest BCUT2D eigenvalue weighted by Gasteiger charge is -2.23. The molecule has 1 aromatic heterocycles. The number of carbonyl (C=O) groups excluding carboxylic acids is 1. The lowest BCUT2D eigenvalue weighted by molar-refractivity contribution is -0.146. The van der Waals surface area contributed by atoms with Gasteiger partial charge in [0, 0.05) is 6.20 Å². The van der Waals surface area contributed by atoms with Crippen LogP contribution in [-0.4, -0.2) is 27.2 Å². The van der Waals surface area contributed by atoms with Crippen molar-refractivity contribution in [3.63, 3.8) is 0 Å². The predicted molar refractivity (Wildman–Crippen MR) is 66.0 cm³/mol. The fourth-order valence-electron chi connectivity index (χ4n) is 3.09. The lowest BCUT2D eigenvalue weighted by Crippen LogP contribution is -2.36. The van der Waals surface area contributed by atoms with Crippen LogP contribution in [0.5, 0.6) is 0 Å². The first-order chi connectivity index (χ1) is 9.16. The first-order valence-corrected chi connectivity index (χ1v) is 6.16. The predicted octanol–water partition coefficient (Wildman–Crippen LogP) is 0.938. The standard InChI is InChI=1S/C13H13N3O3/c17-12(15-9-2-1-5-14-16-9)10-7-3-4-8(6-7)11(10)13(18)19/h1-5,7-8,10-11H,6H2,(H,18,19)(H,15,16,17)/t7?,8?,10-,11+/m0/s1. The molecule has 1 saturated carbocycles. The molecule has 2 bridgehead atoms. The van der Waals surface area contributed by atoms with Crippen LogP contribution in [0.4, 0.5) is 5.82 Å². The van der Waals surface area contributed by atoms with Crippen molar-refractivity contribution >= 4 is 17.7 Å². The number of hydrogen-bond donors (Lipinski definition) is 2. The van der Waals surface area contributed by atoms with Crippen molar-refractivity contribution in [2.45, 2.75) is 6.42 Å². The summed E-state index contributed by atoms with van der Waals surface area (Å²) in [6.45, 7) is 0. The molecule has 1 fully saturated rings. The highest BCUT2D eigenvalue weighted by Gasteiger charge is 2.51. The Morgan fingerprint density at radius 3 is 2.63 bits per heavy atom. The Kier molecular flexibility index (Phi) is 2.77. The van der Waals surface area contributed by atoms with E-state index in [2.05, 4.69) is 15.5 Å². The van der Waals surface area contributed by atoms with Crippen LogP contribution < -0.4 is 5.32 Å². The summed E-state index contributed by atoms with van der Waals surface area (Å²) in [6.07, 6.45) is 6.12. The van der Waals surface area contributed by atoms with E-state index in [1.165, 1.54) is 6.20 Å². The number of aromatic nitrogens is 2. The normalized spacial score (nSPS) is 31.4. The Labute approximate surface area is 109 Å². The van der Waals surface area contributed by atoms with E-state index in [4.69, 9.17) is 0 Å². The van der Waals surface area contributed by atoms with Crippen LogP contribution in [0, 0.1) is 23.7 Å². The molecule has 98 valence electrons. The Morgan fingerprint density at radius 2 is 2.00 bits per heavy atom. The maximum atomic E-state index is 12.2. The van der Waals surface area contributed by atoms with Gasteiger partial charge in [0.05, 0.1) is 11.8 Å². The molecule has 2 unspecified atom stereocenters. The fraction of sp³-hybridized carbons (Fsp3) is 0.385. The van der Waals surface area contributed by atoms with E-state index in [9.17, 15) is 14.7 Å². The van der Waals surface area contributed by atoms with Crippen molar-refractivity contribution in [3.8, 4) is 0 Å². The summed E-state index contributed by atoms with van der Waals surface area (Å²) in [4.78, 5) is 23.6. The Bertz CT molecular complexity index is 543. The first kappa shape index (κ1) is 11.8. The van der Waals surface area contributed by atoms with Gasteiger partial charge in [0.1, 0.15) is 0 Å². The summed E-state index contributed by atoms with van der Waals surface area (Å²) in [5.74, 6) is -2.01. The molecule has 0 aromatic carbocycles. The number of hydrogen-bond acceptors (Lipinski definition) is 4. The van der Waals surface area contributed by atoms with Gasteiger partial charge in [-0.3, -0.25) is 9.59 Å². The molecule has 19 heavy (non-hydrogen) atoms. The van der Waals surface area contributed by atoms with Gasteiger partial charge >= 0.3 is 5.97 Å². The molecule has 0 spiro atoms. The highest BCUT2D eigenvalue weighted by Crippen LogP contribution is 2.48. The molecule has 0 radical (unpaired) electrons. The number of nitrogens with one attached hydrogen (secondary N) is 1. The number of fused-ring (bicyclic) bond motifs is 2. The van der Waals surface area contributed by atoms with E-state index >= 15 is 0 Å². The van der Waals surface area contributed by atoms with Gasteiger partial charge in [0.25, 0.3) is 0 Å². The van der Waals surface area contributed by atoms with Gasteiger partial charge in [-0.1, -0.05) is 12.2 Å². The van der Waals surface area contributed by atoms with Crippen molar-refractivity contribution in [1.82, 2.24) is 10.2 Å². The lowest BCUT2D eigenvalue weighted by atomic mass is 9.82.